The number of rotatable bonds is 6. The molecular formula is C17H19NO2. The summed E-state index contributed by atoms with van der Waals surface area (Å²) in [7, 11) is 0. The van der Waals surface area contributed by atoms with Crippen LogP contribution in [0.15, 0.2) is 48.5 Å². The van der Waals surface area contributed by atoms with Gasteiger partial charge in [-0.2, -0.15) is 0 Å². The molecule has 0 aromatic heterocycles. The number of carbonyl (C=O) groups is 1. The van der Waals surface area contributed by atoms with E-state index in [9.17, 15) is 4.79 Å². The lowest BCUT2D eigenvalue weighted by Crippen LogP contribution is -2.03. The molecule has 20 heavy (non-hydrogen) atoms. The van der Waals surface area contributed by atoms with Gasteiger partial charge < -0.3 is 10.4 Å². The Bertz CT molecular complexity index is 559. The zero-order chi connectivity index (χ0) is 14.4. The molecule has 0 heterocycles. The molecule has 0 saturated heterocycles. The molecule has 0 saturated carbocycles. The summed E-state index contributed by atoms with van der Waals surface area (Å²) in [5.41, 5.74) is 3.90. The topological polar surface area (TPSA) is 49.3 Å². The van der Waals surface area contributed by atoms with Gasteiger partial charge in [0.25, 0.3) is 0 Å². The molecule has 0 amide bonds. The minimum Gasteiger partial charge on any atom is -0.478 e. The molecule has 2 N–H and O–H groups in total. The molecule has 104 valence electrons. The van der Waals surface area contributed by atoms with Crippen molar-refractivity contribution in [1.29, 1.82) is 0 Å². The average molecular weight is 269 g/mol. The summed E-state index contributed by atoms with van der Waals surface area (Å²) in [6.45, 7) is 2.96. The number of anilines is 1. The van der Waals surface area contributed by atoms with Crippen LogP contribution in [0.3, 0.4) is 0 Å². The summed E-state index contributed by atoms with van der Waals surface area (Å²) in [5, 5.41) is 12.1. The van der Waals surface area contributed by atoms with Gasteiger partial charge in [-0.3, -0.25) is 0 Å². The fraction of sp³-hybridized carbons (Fsp3) is 0.235. The van der Waals surface area contributed by atoms with Crippen LogP contribution >= 0.6 is 0 Å². The number of carboxylic acids is 1. The van der Waals surface area contributed by atoms with Crippen molar-refractivity contribution in [2.75, 3.05) is 11.9 Å². The van der Waals surface area contributed by atoms with E-state index in [0.29, 0.717) is 5.56 Å². The van der Waals surface area contributed by atoms with Gasteiger partial charge in [-0.25, -0.2) is 4.79 Å². The van der Waals surface area contributed by atoms with Crippen LogP contribution in [0.2, 0.25) is 0 Å². The highest BCUT2D eigenvalue weighted by molar-refractivity contribution is 5.87. The van der Waals surface area contributed by atoms with Gasteiger partial charge in [-0.05, 0) is 49.6 Å². The van der Waals surface area contributed by atoms with Crippen molar-refractivity contribution in [2.24, 2.45) is 0 Å². The monoisotopic (exact) mass is 269 g/mol. The molecular weight excluding hydrogens is 250 g/mol. The molecule has 0 aliphatic heterocycles. The molecule has 3 nitrogen and oxygen atoms in total. The van der Waals surface area contributed by atoms with Crippen LogP contribution in [-0.2, 0) is 6.42 Å². The Balaban J connectivity index is 1.75. The lowest BCUT2D eigenvalue weighted by atomic mass is 10.1. The third kappa shape index (κ3) is 4.12. The van der Waals surface area contributed by atoms with Crippen LogP contribution in [0.4, 0.5) is 5.69 Å². The van der Waals surface area contributed by atoms with E-state index >= 15 is 0 Å². The summed E-state index contributed by atoms with van der Waals surface area (Å²) in [5.74, 6) is -0.893. The Kier molecular flexibility index (Phi) is 4.77. The van der Waals surface area contributed by atoms with E-state index < -0.39 is 5.97 Å². The molecule has 2 aromatic rings. The standard InChI is InChI=1S/C17H19NO2/c1-13-4-6-14(7-5-13)3-2-12-18-16-10-8-15(9-11-16)17(19)20/h4-11,18H,2-3,12H2,1H3,(H,19,20). The zero-order valence-electron chi connectivity index (χ0n) is 11.6. The fourth-order valence-corrected chi connectivity index (χ4v) is 2.01. The van der Waals surface area contributed by atoms with E-state index in [0.717, 1.165) is 25.1 Å². The largest absolute Gasteiger partial charge is 0.478 e. The number of carboxylic acid groups (broad SMARTS) is 1. The molecule has 0 aliphatic rings. The van der Waals surface area contributed by atoms with Gasteiger partial charge in [0.05, 0.1) is 5.56 Å². The Morgan fingerprint density at radius 2 is 1.70 bits per heavy atom. The molecule has 0 unspecified atom stereocenters. The van der Waals surface area contributed by atoms with E-state index in [2.05, 4.69) is 36.5 Å². The average Bonchev–Trinajstić information content (AvgIpc) is 2.46. The third-order valence-electron chi connectivity index (χ3n) is 3.22. The van der Waals surface area contributed by atoms with Crippen molar-refractivity contribution in [2.45, 2.75) is 19.8 Å². The zero-order valence-corrected chi connectivity index (χ0v) is 11.6. The maximum absolute atomic E-state index is 10.7. The smallest absolute Gasteiger partial charge is 0.335 e. The van der Waals surface area contributed by atoms with Crippen LogP contribution in [0, 0.1) is 6.92 Å². The predicted molar refractivity (Wildman–Crippen MR) is 81.4 cm³/mol. The summed E-state index contributed by atoms with van der Waals surface area (Å²) < 4.78 is 0. The quantitative estimate of drug-likeness (QED) is 0.785. The molecule has 0 radical (unpaired) electrons. The van der Waals surface area contributed by atoms with E-state index in [-0.39, 0.29) is 0 Å². The highest BCUT2D eigenvalue weighted by Gasteiger charge is 2.01. The first kappa shape index (κ1) is 14.1. The number of benzene rings is 2. The second kappa shape index (κ2) is 6.75. The van der Waals surface area contributed by atoms with E-state index in [1.165, 1.54) is 11.1 Å². The van der Waals surface area contributed by atoms with Crippen LogP contribution in [-0.4, -0.2) is 17.6 Å². The van der Waals surface area contributed by atoms with Gasteiger partial charge in [0.2, 0.25) is 0 Å². The molecule has 2 aromatic carbocycles. The number of aryl methyl sites for hydroxylation is 2. The second-order valence-electron chi connectivity index (χ2n) is 4.90. The maximum atomic E-state index is 10.7. The minimum atomic E-state index is -0.893. The van der Waals surface area contributed by atoms with Gasteiger partial charge in [-0.1, -0.05) is 29.8 Å². The molecule has 0 fully saturated rings. The summed E-state index contributed by atoms with van der Waals surface area (Å²) in [4.78, 5) is 10.7. The van der Waals surface area contributed by atoms with Gasteiger partial charge in [-0.15, -0.1) is 0 Å². The van der Waals surface area contributed by atoms with Crippen LogP contribution < -0.4 is 5.32 Å². The normalized spacial score (nSPS) is 10.2. The van der Waals surface area contributed by atoms with Crippen molar-refractivity contribution in [1.82, 2.24) is 0 Å². The Morgan fingerprint density at radius 1 is 1.05 bits per heavy atom. The van der Waals surface area contributed by atoms with Gasteiger partial charge >= 0.3 is 5.97 Å². The number of nitrogens with one attached hydrogen (secondary N) is 1. The highest BCUT2D eigenvalue weighted by Crippen LogP contribution is 2.10. The lowest BCUT2D eigenvalue weighted by molar-refractivity contribution is 0.0697. The summed E-state index contributed by atoms with van der Waals surface area (Å²) in [6, 6.07) is 15.4. The van der Waals surface area contributed by atoms with E-state index in [1.54, 1.807) is 24.3 Å². The SMILES string of the molecule is Cc1ccc(CCCNc2ccc(C(=O)O)cc2)cc1. The van der Waals surface area contributed by atoms with Crippen molar-refractivity contribution in [3.63, 3.8) is 0 Å². The third-order valence-corrected chi connectivity index (χ3v) is 3.22. The minimum absolute atomic E-state index is 0.315. The van der Waals surface area contributed by atoms with Gasteiger partial charge in [0, 0.05) is 12.2 Å². The number of hydrogen-bond acceptors (Lipinski definition) is 2. The Hall–Kier alpha value is -2.29. The fourth-order valence-electron chi connectivity index (χ4n) is 2.01. The van der Waals surface area contributed by atoms with Crippen LogP contribution in [0.1, 0.15) is 27.9 Å². The number of aromatic carboxylic acids is 1. The molecule has 0 spiro atoms. The van der Waals surface area contributed by atoms with Gasteiger partial charge in [0.1, 0.15) is 0 Å². The summed E-state index contributed by atoms with van der Waals surface area (Å²) in [6.07, 6.45) is 2.09. The van der Waals surface area contributed by atoms with Crippen molar-refractivity contribution >= 4 is 11.7 Å². The van der Waals surface area contributed by atoms with Crippen molar-refractivity contribution in [3.05, 3.63) is 65.2 Å². The van der Waals surface area contributed by atoms with Crippen molar-refractivity contribution < 1.29 is 9.90 Å². The van der Waals surface area contributed by atoms with Crippen LogP contribution in [0.5, 0.6) is 0 Å². The molecule has 3 heteroatoms. The highest BCUT2D eigenvalue weighted by atomic mass is 16.4. The number of hydrogen-bond donors (Lipinski definition) is 2. The second-order valence-corrected chi connectivity index (χ2v) is 4.90. The summed E-state index contributed by atoms with van der Waals surface area (Å²) >= 11 is 0. The van der Waals surface area contributed by atoms with Crippen LogP contribution in [0.25, 0.3) is 0 Å². The van der Waals surface area contributed by atoms with E-state index in [1.807, 2.05) is 0 Å². The first-order valence-corrected chi connectivity index (χ1v) is 6.78. The first-order valence-electron chi connectivity index (χ1n) is 6.78. The predicted octanol–water partition coefficient (Wildman–Crippen LogP) is 3.74. The Morgan fingerprint density at radius 3 is 2.30 bits per heavy atom. The molecule has 0 aliphatic carbocycles. The van der Waals surface area contributed by atoms with Crippen molar-refractivity contribution in [3.8, 4) is 0 Å². The Labute approximate surface area is 119 Å². The molecule has 2 rings (SSSR count). The first-order chi connectivity index (χ1) is 9.65. The maximum Gasteiger partial charge on any atom is 0.335 e. The molecule has 0 atom stereocenters. The molecule has 0 bridgehead atoms. The lowest BCUT2D eigenvalue weighted by Gasteiger charge is -2.07. The van der Waals surface area contributed by atoms with Gasteiger partial charge in [0.15, 0.2) is 0 Å². The van der Waals surface area contributed by atoms with E-state index in [4.69, 9.17) is 5.11 Å².